The average molecular weight is 388 g/mol. The highest BCUT2D eigenvalue weighted by Crippen LogP contribution is 2.28. The molecule has 102 valence electrons. The van der Waals surface area contributed by atoms with Gasteiger partial charge in [0.1, 0.15) is 0 Å². The number of amides is 1. The molecule has 2 saturated heterocycles. The van der Waals surface area contributed by atoms with Crippen LogP contribution in [0.15, 0.2) is 27.1 Å². The van der Waals surface area contributed by atoms with E-state index in [2.05, 4.69) is 37.2 Å². The Morgan fingerprint density at radius 2 is 2.16 bits per heavy atom. The van der Waals surface area contributed by atoms with Crippen molar-refractivity contribution in [3.63, 3.8) is 0 Å². The van der Waals surface area contributed by atoms with Gasteiger partial charge in [0.25, 0.3) is 5.91 Å². The van der Waals surface area contributed by atoms with Gasteiger partial charge in [0.15, 0.2) is 0 Å². The standard InChI is InChI=1S/C14H16Br2N2O/c15-10-3-4-11(12(16)6-10)14(19)18-7-9-2-1-5-17-13(9)8-18/h3-4,6,9,13,17H,1-2,5,7-8H2. The molecule has 1 N–H and O–H groups in total. The molecule has 2 aliphatic heterocycles. The molecule has 2 heterocycles. The lowest BCUT2D eigenvalue weighted by Gasteiger charge is -2.24. The quantitative estimate of drug-likeness (QED) is 0.803. The van der Waals surface area contributed by atoms with E-state index in [1.165, 1.54) is 12.8 Å². The molecule has 0 aromatic heterocycles. The predicted molar refractivity (Wildman–Crippen MR) is 82.3 cm³/mol. The van der Waals surface area contributed by atoms with E-state index in [-0.39, 0.29) is 5.91 Å². The molecule has 1 aromatic rings. The zero-order valence-corrected chi connectivity index (χ0v) is 13.7. The Balaban J connectivity index is 1.77. The van der Waals surface area contributed by atoms with Gasteiger partial charge in [-0.25, -0.2) is 0 Å². The van der Waals surface area contributed by atoms with Crippen molar-refractivity contribution in [2.75, 3.05) is 19.6 Å². The smallest absolute Gasteiger partial charge is 0.255 e. The van der Waals surface area contributed by atoms with Crippen molar-refractivity contribution in [1.82, 2.24) is 10.2 Å². The highest BCUT2D eigenvalue weighted by molar-refractivity contribution is 9.11. The first-order valence-corrected chi connectivity index (χ1v) is 8.21. The second-order valence-corrected chi connectivity index (χ2v) is 7.07. The molecule has 0 radical (unpaired) electrons. The number of nitrogens with one attached hydrogen (secondary N) is 1. The summed E-state index contributed by atoms with van der Waals surface area (Å²) in [6, 6.07) is 6.21. The highest BCUT2D eigenvalue weighted by atomic mass is 79.9. The van der Waals surface area contributed by atoms with Crippen molar-refractivity contribution in [3.05, 3.63) is 32.7 Å². The van der Waals surface area contributed by atoms with Gasteiger partial charge in [0.05, 0.1) is 5.56 Å². The Bertz CT molecular complexity index is 492. The van der Waals surface area contributed by atoms with Gasteiger partial charge in [0, 0.05) is 28.1 Å². The molecule has 0 bridgehead atoms. The fraction of sp³-hybridized carbons (Fsp3) is 0.500. The normalized spacial score (nSPS) is 26.3. The van der Waals surface area contributed by atoms with Crippen molar-refractivity contribution in [2.45, 2.75) is 18.9 Å². The van der Waals surface area contributed by atoms with Gasteiger partial charge in [0.2, 0.25) is 0 Å². The van der Waals surface area contributed by atoms with Gasteiger partial charge >= 0.3 is 0 Å². The summed E-state index contributed by atoms with van der Waals surface area (Å²) in [4.78, 5) is 14.6. The average Bonchev–Trinajstić information content (AvgIpc) is 2.81. The molecular weight excluding hydrogens is 372 g/mol. The summed E-state index contributed by atoms with van der Waals surface area (Å²) in [6.07, 6.45) is 2.47. The molecule has 2 aliphatic rings. The van der Waals surface area contributed by atoms with Crippen LogP contribution in [0, 0.1) is 5.92 Å². The SMILES string of the molecule is O=C(c1ccc(Br)cc1Br)N1CC2CCCNC2C1. The van der Waals surface area contributed by atoms with E-state index in [9.17, 15) is 4.79 Å². The predicted octanol–water partition coefficient (Wildman–Crippen LogP) is 3.04. The molecule has 2 unspecified atom stereocenters. The summed E-state index contributed by atoms with van der Waals surface area (Å²) in [7, 11) is 0. The van der Waals surface area contributed by atoms with Crippen LogP contribution in [-0.2, 0) is 0 Å². The minimum Gasteiger partial charge on any atom is -0.337 e. The molecule has 0 aliphatic carbocycles. The monoisotopic (exact) mass is 386 g/mol. The van der Waals surface area contributed by atoms with Crippen LogP contribution >= 0.6 is 31.9 Å². The summed E-state index contributed by atoms with van der Waals surface area (Å²) in [5, 5.41) is 3.53. The van der Waals surface area contributed by atoms with Crippen LogP contribution in [0.3, 0.4) is 0 Å². The number of benzene rings is 1. The number of carbonyl (C=O) groups is 1. The van der Waals surface area contributed by atoms with Crippen LogP contribution in [0.5, 0.6) is 0 Å². The zero-order chi connectivity index (χ0) is 13.4. The van der Waals surface area contributed by atoms with E-state index in [0.29, 0.717) is 12.0 Å². The maximum atomic E-state index is 12.6. The number of carbonyl (C=O) groups excluding carboxylic acids is 1. The van der Waals surface area contributed by atoms with E-state index in [4.69, 9.17) is 0 Å². The minimum atomic E-state index is 0.135. The van der Waals surface area contributed by atoms with E-state index in [1.54, 1.807) is 0 Å². The number of piperidine rings is 1. The van der Waals surface area contributed by atoms with Gasteiger partial charge in [-0.1, -0.05) is 15.9 Å². The molecule has 3 rings (SSSR count). The number of hydrogen-bond donors (Lipinski definition) is 1. The summed E-state index contributed by atoms with van der Waals surface area (Å²) in [5.74, 6) is 0.766. The number of halogens is 2. The number of nitrogens with zero attached hydrogens (tertiary/aromatic N) is 1. The zero-order valence-electron chi connectivity index (χ0n) is 10.5. The van der Waals surface area contributed by atoms with Crippen molar-refractivity contribution < 1.29 is 4.79 Å². The van der Waals surface area contributed by atoms with Gasteiger partial charge < -0.3 is 10.2 Å². The van der Waals surface area contributed by atoms with Gasteiger partial charge in [-0.05, 0) is 59.4 Å². The molecule has 2 fully saturated rings. The first-order chi connectivity index (χ1) is 9.15. The largest absolute Gasteiger partial charge is 0.337 e. The van der Waals surface area contributed by atoms with Crippen LogP contribution in [0.1, 0.15) is 23.2 Å². The van der Waals surface area contributed by atoms with Crippen LogP contribution in [0.2, 0.25) is 0 Å². The molecule has 1 amide bonds. The number of rotatable bonds is 1. The third-order valence-corrected chi connectivity index (χ3v) is 5.20. The topological polar surface area (TPSA) is 32.3 Å². The second kappa shape index (κ2) is 5.54. The van der Waals surface area contributed by atoms with Crippen molar-refractivity contribution in [3.8, 4) is 0 Å². The summed E-state index contributed by atoms with van der Waals surface area (Å²) in [5.41, 5.74) is 0.752. The van der Waals surface area contributed by atoms with Gasteiger partial charge in [-0.3, -0.25) is 4.79 Å². The number of likely N-dealkylation sites (tertiary alicyclic amines) is 1. The van der Waals surface area contributed by atoms with Crippen molar-refractivity contribution >= 4 is 37.8 Å². The third kappa shape index (κ3) is 2.73. The maximum Gasteiger partial charge on any atom is 0.255 e. The second-order valence-electron chi connectivity index (χ2n) is 5.30. The van der Waals surface area contributed by atoms with Gasteiger partial charge in [-0.2, -0.15) is 0 Å². The first-order valence-electron chi connectivity index (χ1n) is 6.63. The molecule has 5 heteroatoms. The fourth-order valence-corrected chi connectivity index (χ4v) is 4.26. The molecule has 1 aromatic carbocycles. The molecule has 2 atom stereocenters. The molecule has 0 spiro atoms. The molecule has 0 saturated carbocycles. The summed E-state index contributed by atoms with van der Waals surface area (Å²) < 4.78 is 1.84. The van der Waals surface area contributed by atoms with Crippen molar-refractivity contribution in [2.24, 2.45) is 5.92 Å². The number of hydrogen-bond acceptors (Lipinski definition) is 2. The Labute approximate surface area is 130 Å². The van der Waals surface area contributed by atoms with Crippen LogP contribution in [0.4, 0.5) is 0 Å². The van der Waals surface area contributed by atoms with Crippen LogP contribution in [-0.4, -0.2) is 36.5 Å². The van der Waals surface area contributed by atoms with E-state index >= 15 is 0 Å². The Hall–Kier alpha value is -0.390. The number of fused-ring (bicyclic) bond motifs is 1. The lowest BCUT2D eigenvalue weighted by atomic mass is 9.94. The Morgan fingerprint density at radius 1 is 1.32 bits per heavy atom. The van der Waals surface area contributed by atoms with E-state index in [0.717, 1.165) is 34.1 Å². The van der Waals surface area contributed by atoms with Gasteiger partial charge in [-0.15, -0.1) is 0 Å². The molecule has 3 nitrogen and oxygen atoms in total. The Morgan fingerprint density at radius 3 is 2.89 bits per heavy atom. The highest BCUT2D eigenvalue weighted by Gasteiger charge is 2.36. The van der Waals surface area contributed by atoms with Crippen LogP contribution in [0.25, 0.3) is 0 Å². The summed E-state index contributed by atoms with van der Waals surface area (Å²) >= 11 is 6.89. The molecular formula is C14H16Br2N2O. The maximum absolute atomic E-state index is 12.6. The lowest BCUT2D eigenvalue weighted by molar-refractivity contribution is 0.0784. The fourth-order valence-electron chi connectivity index (χ4n) is 3.05. The van der Waals surface area contributed by atoms with E-state index < -0.39 is 0 Å². The lowest BCUT2D eigenvalue weighted by Crippen LogP contribution is -2.41. The summed E-state index contributed by atoms with van der Waals surface area (Å²) in [6.45, 7) is 2.82. The van der Waals surface area contributed by atoms with Crippen LogP contribution < -0.4 is 5.32 Å². The Kier molecular flexibility index (Phi) is 3.96. The van der Waals surface area contributed by atoms with Crippen molar-refractivity contribution in [1.29, 1.82) is 0 Å². The van der Waals surface area contributed by atoms with E-state index in [1.807, 2.05) is 23.1 Å². The first kappa shape index (κ1) is 13.6. The third-order valence-electron chi connectivity index (χ3n) is 4.05. The molecule has 19 heavy (non-hydrogen) atoms. The minimum absolute atomic E-state index is 0.135.